The number of nitrogens with one attached hydrogen (secondary N) is 3. The maximum Gasteiger partial charge on any atom is 0.422 e. The number of aromatic nitrogens is 3. The molecular formula is C19H20F3N7O5S. The topological polar surface area (TPSA) is 156 Å². The third kappa shape index (κ3) is 5.76. The molecule has 1 saturated heterocycles. The van der Waals surface area contributed by atoms with Crippen LogP contribution in [0.25, 0.3) is 0 Å². The lowest BCUT2D eigenvalue weighted by atomic mass is 10.1. The van der Waals surface area contributed by atoms with Gasteiger partial charge in [-0.3, -0.25) is 14.9 Å². The van der Waals surface area contributed by atoms with E-state index in [2.05, 4.69) is 35.6 Å². The minimum Gasteiger partial charge on any atom is -0.454 e. The molecule has 2 aliphatic heterocycles. The minimum absolute atomic E-state index is 0.0790. The van der Waals surface area contributed by atoms with Crippen molar-refractivity contribution in [3.8, 4) is 6.01 Å². The third-order valence-electron chi connectivity index (χ3n) is 5.15. The predicted octanol–water partition coefficient (Wildman–Crippen LogP) is 0.958. The molecule has 0 aliphatic carbocycles. The van der Waals surface area contributed by atoms with Crippen LogP contribution in [-0.4, -0.2) is 73.4 Å². The maximum atomic E-state index is 12.7. The Hall–Kier alpha value is -3.53. The van der Waals surface area contributed by atoms with Crippen LogP contribution < -0.4 is 25.0 Å². The van der Waals surface area contributed by atoms with E-state index in [9.17, 15) is 31.2 Å². The Morgan fingerprint density at radius 3 is 2.46 bits per heavy atom. The number of benzene rings is 1. The normalized spacial score (nSPS) is 16.6. The van der Waals surface area contributed by atoms with Crippen molar-refractivity contribution in [3.63, 3.8) is 0 Å². The van der Waals surface area contributed by atoms with E-state index in [0.29, 0.717) is 25.9 Å². The number of hydrogen-bond acceptors (Lipinski definition) is 10. The van der Waals surface area contributed by atoms with Gasteiger partial charge in [0.05, 0.1) is 23.4 Å². The van der Waals surface area contributed by atoms with Crippen LogP contribution in [-0.2, 0) is 10.0 Å². The van der Waals surface area contributed by atoms with E-state index < -0.39 is 52.6 Å². The minimum atomic E-state index is -4.69. The number of ether oxygens (including phenoxy) is 1. The van der Waals surface area contributed by atoms with E-state index in [1.165, 1.54) is 18.2 Å². The summed E-state index contributed by atoms with van der Waals surface area (Å²) >= 11 is 0. The second-order valence-corrected chi connectivity index (χ2v) is 9.71. The summed E-state index contributed by atoms with van der Waals surface area (Å²) in [5.74, 6) is -1.91. The van der Waals surface area contributed by atoms with Crippen LogP contribution in [0.2, 0.25) is 0 Å². The average Bonchev–Trinajstić information content (AvgIpc) is 3.05. The molecule has 2 aromatic rings. The third-order valence-corrected chi connectivity index (χ3v) is 6.33. The summed E-state index contributed by atoms with van der Waals surface area (Å²) in [4.78, 5) is 35.4. The number of amides is 2. The summed E-state index contributed by atoms with van der Waals surface area (Å²) in [7, 11) is -3.93. The highest BCUT2D eigenvalue weighted by Gasteiger charge is 2.33. The smallest absolute Gasteiger partial charge is 0.422 e. The molecule has 0 saturated carbocycles. The molecular weight excluding hydrogens is 495 g/mol. The lowest BCUT2D eigenvalue weighted by Crippen LogP contribution is -2.46. The molecule has 2 amide bonds. The van der Waals surface area contributed by atoms with Crippen LogP contribution in [0, 0.1) is 0 Å². The zero-order valence-corrected chi connectivity index (χ0v) is 19.0. The summed E-state index contributed by atoms with van der Waals surface area (Å²) < 4.78 is 69.0. The van der Waals surface area contributed by atoms with E-state index in [-0.39, 0.29) is 22.8 Å². The molecule has 0 radical (unpaired) electrons. The molecule has 0 unspecified atom stereocenters. The van der Waals surface area contributed by atoms with Gasteiger partial charge in [0.2, 0.25) is 21.9 Å². The molecule has 1 fully saturated rings. The summed E-state index contributed by atoms with van der Waals surface area (Å²) in [5, 5.41) is 7.94. The Labute approximate surface area is 197 Å². The SMILES string of the molecule is CS(=O)(=O)N(c1nc(Nc2ccc3c(c2)C(=O)NC3=O)nc(OCC(F)(F)F)n1)C1CCNCC1. The number of imide groups is 1. The van der Waals surface area contributed by atoms with Crippen molar-refractivity contribution in [1.82, 2.24) is 25.6 Å². The average molecular weight is 515 g/mol. The predicted molar refractivity (Wildman–Crippen MR) is 116 cm³/mol. The second kappa shape index (κ2) is 9.26. The Morgan fingerprint density at radius 2 is 1.80 bits per heavy atom. The van der Waals surface area contributed by atoms with Crippen LogP contribution in [0.1, 0.15) is 33.6 Å². The lowest BCUT2D eigenvalue weighted by molar-refractivity contribution is -0.154. The van der Waals surface area contributed by atoms with Crippen molar-refractivity contribution in [2.24, 2.45) is 0 Å². The van der Waals surface area contributed by atoms with E-state index >= 15 is 0 Å². The number of carbonyl (C=O) groups is 2. The van der Waals surface area contributed by atoms with Gasteiger partial charge in [0, 0.05) is 5.69 Å². The van der Waals surface area contributed by atoms with Crippen molar-refractivity contribution in [3.05, 3.63) is 29.3 Å². The first-order chi connectivity index (χ1) is 16.4. The number of hydrogen-bond donors (Lipinski definition) is 3. The number of rotatable bonds is 7. The number of nitrogens with zero attached hydrogens (tertiary/aromatic N) is 4. The number of piperidine rings is 1. The van der Waals surface area contributed by atoms with E-state index in [1.807, 2.05) is 0 Å². The Balaban J connectivity index is 1.72. The van der Waals surface area contributed by atoms with Crippen molar-refractivity contribution in [1.29, 1.82) is 0 Å². The molecule has 3 N–H and O–H groups in total. The van der Waals surface area contributed by atoms with Gasteiger partial charge >= 0.3 is 12.2 Å². The van der Waals surface area contributed by atoms with Gasteiger partial charge in [-0.15, -0.1) is 0 Å². The second-order valence-electron chi connectivity index (χ2n) is 7.85. The Kier molecular flexibility index (Phi) is 6.50. The molecule has 3 heterocycles. The molecule has 35 heavy (non-hydrogen) atoms. The molecule has 0 atom stereocenters. The molecule has 12 nitrogen and oxygen atoms in total. The molecule has 16 heteroatoms. The summed E-state index contributed by atoms with van der Waals surface area (Å²) in [6.07, 6.45) is -2.90. The van der Waals surface area contributed by atoms with Gasteiger partial charge in [0.1, 0.15) is 0 Å². The van der Waals surface area contributed by atoms with Gasteiger partial charge in [-0.25, -0.2) is 12.7 Å². The largest absolute Gasteiger partial charge is 0.454 e. The van der Waals surface area contributed by atoms with Gasteiger partial charge in [-0.1, -0.05) is 0 Å². The van der Waals surface area contributed by atoms with Gasteiger partial charge in [0.15, 0.2) is 6.61 Å². The highest BCUT2D eigenvalue weighted by Crippen LogP contribution is 2.27. The molecule has 188 valence electrons. The molecule has 1 aromatic carbocycles. The first-order valence-corrected chi connectivity index (χ1v) is 12.2. The number of anilines is 3. The number of fused-ring (bicyclic) bond motifs is 1. The van der Waals surface area contributed by atoms with Crippen LogP contribution in [0.3, 0.4) is 0 Å². The van der Waals surface area contributed by atoms with Crippen molar-refractivity contribution >= 4 is 39.4 Å². The highest BCUT2D eigenvalue weighted by atomic mass is 32.2. The zero-order valence-electron chi connectivity index (χ0n) is 18.2. The van der Waals surface area contributed by atoms with Crippen LogP contribution >= 0.6 is 0 Å². The molecule has 1 aromatic heterocycles. The Morgan fingerprint density at radius 1 is 1.11 bits per heavy atom. The fraction of sp³-hybridized carbons (Fsp3) is 0.421. The summed E-state index contributed by atoms with van der Waals surface area (Å²) in [5.41, 5.74) is 0.454. The van der Waals surface area contributed by atoms with Gasteiger partial charge in [-0.05, 0) is 44.1 Å². The van der Waals surface area contributed by atoms with Crippen molar-refractivity contribution in [2.45, 2.75) is 25.1 Å². The summed E-state index contributed by atoms with van der Waals surface area (Å²) in [6.45, 7) is -0.649. The number of carbonyl (C=O) groups excluding carboxylic acids is 2. The van der Waals surface area contributed by atoms with Crippen molar-refractivity contribution in [2.75, 3.05) is 35.6 Å². The van der Waals surface area contributed by atoms with Gasteiger partial charge in [-0.2, -0.15) is 28.1 Å². The van der Waals surface area contributed by atoms with E-state index in [4.69, 9.17) is 0 Å². The molecule has 4 rings (SSSR count). The standard InChI is InChI=1S/C19H20F3N7O5S/c1-35(32,33)29(11-4-6-23-7-5-11)17-26-16(27-18(28-17)34-9-19(20,21)22)24-10-2-3-12-13(8-10)15(31)25-14(12)30/h2-3,8,11,23H,4-7,9H2,1H3,(H,25,30,31)(H,24,26,27,28). The Bertz CT molecular complexity index is 1270. The van der Waals surface area contributed by atoms with Crippen LogP contribution in [0.4, 0.5) is 30.8 Å². The molecule has 0 spiro atoms. The van der Waals surface area contributed by atoms with Crippen molar-refractivity contribution < 1.29 is 35.9 Å². The maximum absolute atomic E-state index is 12.7. The van der Waals surface area contributed by atoms with E-state index in [1.54, 1.807) is 0 Å². The summed E-state index contributed by atoms with van der Waals surface area (Å²) in [6, 6.07) is 2.85. The first kappa shape index (κ1) is 24.6. The monoisotopic (exact) mass is 515 g/mol. The molecule has 0 bridgehead atoms. The lowest BCUT2D eigenvalue weighted by Gasteiger charge is -2.32. The zero-order chi connectivity index (χ0) is 25.4. The highest BCUT2D eigenvalue weighted by molar-refractivity contribution is 7.92. The quantitative estimate of drug-likeness (QED) is 0.454. The van der Waals surface area contributed by atoms with Crippen LogP contribution in [0.5, 0.6) is 6.01 Å². The van der Waals surface area contributed by atoms with Crippen LogP contribution in [0.15, 0.2) is 18.2 Å². The first-order valence-electron chi connectivity index (χ1n) is 10.3. The number of alkyl halides is 3. The van der Waals surface area contributed by atoms with Gasteiger partial charge in [0.25, 0.3) is 11.8 Å². The fourth-order valence-corrected chi connectivity index (χ4v) is 4.84. The van der Waals surface area contributed by atoms with Gasteiger partial charge < -0.3 is 15.4 Å². The fourth-order valence-electron chi connectivity index (χ4n) is 3.71. The molecule has 2 aliphatic rings. The number of halogens is 3. The van der Waals surface area contributed by atoms with E-state index in [0.717, 1.165) is 10.6 Å². The number of sulfonamides is 1.